The topological polar surface area (TPSA) is 29.1 Å². The molecule has 1 amide bonds. The van der Waals surface area contributed by atoms with Crippen molar-refractivity contribution in [3.63, 3.8) is 0 Å². The second-order valence-corrected chi connectivity index (χ2v) is 3.76. The minimum Gasteiger partial charge on any atom is -0.319 e. The molecular formula is C14H12FNO. The Morgan fingerprint density at radius 3 is 2.47 bits per heavy atom. The summed E-state index contributed by atoms with van der Waals surface area (Å²) in [6, 6.07) is 13.6. The number of halogens is 1. The van der Waals surface area contributed by atoms with E-state index in [-0.39, 0.29) is 11.6 Å². The number of hydrogen-bond donors (Lipinski definition) is 1. The van der Waals surface area contributed by atoms with Crippen LogP contribution in [-0.4, -0.2) is 5.91 Å². The Hall–Kier alpha value is -2.16. The number of aryl methyl sites for hydroxylation is 1. The van der Waals surface area contributed by atoms with Crippen LogP contribution in [0.25, 0.3) is 0 Å². The minimum atomic E-state index is -0.392. The van der Waals surface area contributed by atoms with Crippen molar-refractivity contribution >= 4 is 11.6 Å². The Morgan fingerprint density at radius 1 is 1.06 bits per heavy atom. The summed E-state index contributed by atoms with van der Waals surface area (Å²) in [6.07, 6.45) is 0. The lowest BCUT2D eigenvalue weighted by Crippen LogP contribution is -2.13. The van der Waals surface area contributed by atoms with Crippen molar-refractivity contribution in [2.75, 3.05) is 5.32 Å². The average molecular weight is 229 g/mol. The molecule has 0 bridgehead atoms. The summed E-state index contributed by atoms with van der Waals surface area (Å²) in [5.41, 5.74) is 1.23. The normalized spacial score (nSPS) is 10.0. The van der Waals surface area contributed by atoms with Crippen LogP contribution < -0.4 is 5.32 Å². The fraction of sp³-hybridized carbons (Fsp3) is 0.0714. The summed E-state index contributed by atoms with van der Waals surface area (Å²) in [6.45, 7) is 1.66. The highest BCUT2D eigenvalue weighted by Crippen LogP contribution is 2.17. The van der Waals surface area contributed by atoms with E-state index >= 15 is 0 Å². The lowest BCUT2D eigenvalue weighted by atomic mass is 10.2. The van der Waals surface area contributed by atoms with Crippen LogP contribution in [0.1, 0.15) is 15.9 Å². The number of carbonyl (C=O) groups is 1. The summed E-state index contributed by atoms with van der Waals surface area (Å²) < 4.78 is 13.7. The van der Waals surface area contributed by atoms with E-state index in [1.807, 2.05) is 6.07 Å². The maximum Gasteiger partial charge on any atom is 0.255 e. The van der Waals surface area contributed by atoms with Gasteiger partial charge >= 0.3 is 0 Å². The highest BCUT2D eigenvalue weighted by atomic mass is 19.1. The number of rotatable bonds is 2. The van der Waals surface area contributed by atoms with Gasteiger partial charge in [-0.25, -0.2) is 4.39 Å². The van der Waals surface area contributed by atoms with E-state index in [1.54, 1.807) is 49.4 Å². The average Bonchev–Trinajstić information content (AvgIpc) is 2.36. The van der Waals surface area contributed by atoms with Crippen molar-refractivity contribution < 1.29 is 9.18 Å². The molecule has 3 heteroatoms. The van der Waals surface area contributed by atoms with Crippen molar-refractivity contribution in [1.82, 2.24) is 0 Å². The molecule has 0 saturated heterocycles. The van der Waals surface area contributed by atoms with Crippen LogP contribution in [0.15, 0.2) is 48.5 Å². The van der Waals surface area contributed by atoms with Gasteiger partial charge in [0.05, 0.1) is 5.69 Å². The summed E-state index contributed by atoms with van der Waals surface area (Å²) in [5, 5.41) is 2.55. The molecule has 2 nitrogen and oxygen atoms in total. The summed E-state index contributed by atoms with van der Waals surface area (Å²) in [7, 11) is 0. The number of benzene rings is 2. The highest BCUT2D eigenvalue weighted by molar-refractivity contribution is 6.04. The molecule has 0 spiro atoms. The van der Waals surface area contributed by atoms with Gasteiger partial charge in [-0.05, 0) is 30.7 Å². The molecule has 0 aliphatic heterocycles. The first-order chi connectivity index (χ1) is 8.18. The zero-order valence-corrected chi connectivity index (χ0v) is 9.41. The van der Waals surface area contributed by atoms with Gasteiger partial charge in [-0.3, -0.25) is 4.79 Å². The molecule has 0 aliphatic rings. The van der Waals surface area contributed by atoms with Gasteiger partial charge in [0.1, 0.15) is 5.82 Å². The first-order valence-corrected chi connectivity index (χ1v) is 5.30. The van der Waals surface area contributed by atoms with Gasteiger partial charge in [0.15, 0.2) is 0 Å². The first kappa shape index (κ1) is 11.3. The molecule has 0 saturated carbocycles. The molecule has 0 aromatic heterocycles. The lowest BCUT2D eigenvalue weighted by Gasteiger charge is -2.07. The molecule has 0 aliphatic carbocycles. The summed E-state index contributed by atoms with van der Waals surface area (Å²) >= 11 is 0. The van der Waals surface area contributed by atoms with Gasteiger partial charge in [-0.2, -0.15) is 0 Å². The number of anilines is 1. The molecule has 0 atom stereocenters. The Bertz CT molecular complexity index is 537. The first-order valence-electron chi connectivity index (χ1n) is 5.30. The molecule has 0 heterocycles. The molecule has 17 heavy (non-hydrogen) atoms. The molecular weight excluding hydrogens is 217 g/mol. The predicted molar refractivity (Wildman–Crippen MR) is 65.5 cm³/mol. The van der Waals surface area contributed by atoms with Crippen molar-refractivity contribution in [2.45, 2.75) is 6.92 Å². The van der Waals surface area contributed by atoms with Crippen molar-refractivity contribution in [2.24, 2.45) is 0 Å². The third-order valence-corrected chi connectivity index (χ3v) is 2.48. The SMILES string of the molecule is Cc1cccc(NC(=O)c2ccccc2)c1F. The Balaban J connectivity index is 2.22. The third-order valence-electron chi connectivity index (χ3n) is 2.48. The van der Waals surface area contributed by atoms with E-state index in [9.17, 15) is 9.18 Å². The second-order valence-electron chi connectivity index (χ2n) is 3.76. The minimum absolute atomic E-state index is 0.207. The number of amides is 1. The second kappa shape index (κ2) is 4.78. The maximum absolute atomic E-state index is 13.7. The molecule has 1 N–H and O–H groups in total. The molecule has 0 radical (unpaired) electrons. The van der Waals surface area contributed by atoms with Crippen LogP contribution in [0, 0.1) is 12.7 Å². The van der Waals surface area contributed by atoms with Gasteiger partial charge in [0, 0.05) is 5.56 Å². The van der Waals surface area contributed by atoms with E-state index in [4.69, 9.17) is 0 Å². The lowest BCUT2D eigenvalue weighted by molar-refractivity contribution is 0.102. The van der Waals surface area contributed by atoms with E-state index in [0.717, 1.165) is 0 Å². The molecule has 0 unspecified atom stereocenters. The quantitative estimate of drug-likeness (QED) is 0.840. The van der Waals surface area contributed by atoms with Gasteiger partial charge in [0.2, 0.25) is 0 Å². The zero-order valence-electron chi connectivity index (χ0n) is 9.41. The summed E-state index contributed by atoms with van der Waals surface area (Å²) in [4.78, 5) is 11.8. The zero-order chi connectivity index (χ0) is 12.3. The van der Waals surface area contributed by atoms with Crippen molar-refractivity contribution in [1.29, 1.82) is 0 Å². The third kappa shape index (κ3) is 2.50. The Labute approximate surface area is 99.1 Å². The van der Waals surface area contributed by atoms with E-state index in [2.05, 4.69) is 5.32 Å². The van der Waals surface area contributed by atoms with Gasteiger partial charge < -0.3 is 5.32 Å². The van der Waals surface area contributed by atoms with Crippen LogP contribution in [0.4, 0.5) is 10.1 Å². The van der Waals surface area contributed by atoms with Crippen LogP contribution >= 0.6 is 0 Å². The fourth-order valence-electron chi connectivity index (χ4n) is 1.53. The number of carbonyl (C=O) groups excluding carboxylic acids is 1. The molecule has 86 valence electrons. The van der Waals surface area contributed by atoms with Crippen LogP contribution in [0.3, 0.4) is 0 Å². The fourth-order valence-corrected chi connectivity index (χ4v) is 1.53. The van der Waals surface area contributed by atoms with Crippen LogP contribution in [0.2, 0.25) is 0 Å². The van der Waals surface area contributed by atoms with Crippen molar-refractivity contribution in [3.05, 3.63) is 65.5 Å². The van der Waals surface area contributed by atoms with E-state index in [0.29, 0.717) is 11.1 Å². The molecule has 2 aromatic carbocycles. The van der Waals surface area contributed by atoms with E-state index < -0.39 is 5.82 Å². The van der Waals surface area contributed by atoms with Crippen LogP contribution in [0.5, 0.6) is 0 Å². The molecule has 2 aromatic rings. The number of nitrogens with one attached hydrogen (secondary N) is 1. The van der Waals surface area contributed by atoms with Crippen molar-refractivity contribution in [3.8, 4) is 0 Å². The molecule has 0 fully saturated rings. The van der Waals surface area contributed by atoms with E-state index in [1.165, 1.54) is 0 Å². The monoisotopic (exact) mass is 229 g/mol. The van der Waals surface area contributed by atoms with Crippen LogP contribution in [-0.2, 0) is 0 Å². The molecule has 2 rings (SSSR count). The largest absolute Gasteiger partial charge is 0.319 e. The van der Waals surface area contributed by atoms with Gasteiger partial charge in [-0.15, -0.1) is 0 Å². The predicted octanol–water partition coefficient (Wildman–Crippen LogP) is 3.39. The Kier molecular flexibility index (Phi) is 3.19. The number of hydrogen-bond acceptors (Lipinski definition) is 1. The van der Waals surface area contributed by atoms with Gasteiger partial charge in [0.25, 0.3) is 5.91 Å². The summed E-state index contributed by atoms with van der Waals surface area (Å²) in [5.74, 6) is -0.702. The van der Waals surface area contributed by atoms with Gasteiger partial charge in [-0.1, -0.05) is 30.3 Å². The maximum atomic E-state index is 13.7. The standard InChI is InChI=1S/C14H12FNO/c1-10-6-5-9-12(13(10)15)16-14(17)11-7-3-2-4-8-11/h2-9H,1H3,(H,16,17). The Morgan fingerprint density at radius 2 is 1.76 bits per heavy atom. The highest BCUT2D eigenvalue weighted by Gasteiger charge is 2.09. The smallest absolute Gasteiger partial charge is 0.255 e.